The van der Waals surface area contributed by atoms with Crippen molar-refractivity contribution >= 4 is 38.8 Å². The first kappa shape index (κ1) is 15.0. The van der Waals surface area contributed by atoms with Crippen LogP contribution in [0.3, 0.4) is 0 Å². The standard InChI is InChI=1S/C16H17BrN2S/c1-11(9-12-5-3-2-4-6-12)19-15-8-7-13(16(18)20)10-14(15)17/h2-8,10-11,19H,9H2,1H3,(H2,18,20). The number of nitrogens with one attached hydrogen (secondary N) is 1. The first-order valence-electron chi connectivity index (χ1n) is 6.46. The second-order valence-corrected chi connectivity index (χ2v) is 6.09. The zero-order valence-corrected chi connectivity index (χ0v) is 13.7. The Morgan fingerprint density at radius 3 is 2.55 bits per heavy atom. The Hall–Kier alpha value is -1.39. The van der Waals surface area contributed by atoms with Crippen molar-refractivity contribution in [3.05, 3.63) is 64.1 Å². The van der Waals surface area contributed by atoms with Gasteiger partial charge in [-0.3, -0.25) is 0 Å². The lowest BCUT2D eigenvalue weighted by atomic mass is 10.1. The minimum Gasteiger partial charge on any atom is -0.389 e. The predicted molar refractivity (Wildman–Crippen MR) is 93.3 cm³/mol. The van der Waals surface area contributed by atoms with E-state index >= 15 is 0 Å². The van der Waals surface area contributed by atoms with Crippen LogP contribution in [0.4, 0.5) is 5.69 Å². The van der Waals surface area contributed by atoms with Gasteiger partial charge in [0.2, 0.25) is 0 Å². The van der Waals surface area contributed by atoms with Crippen molar-refractivity contribution in [2.24, 2.45) is 5.73 Å². The molecule has 0 saturated heterocycles. The van der Waals surface area contributed by atoms with Crippen LogP contribution in [0, 0.1) is 0 Å². The van der Waals surface area contributed by atoms with E-state index in [0.717, 1.165) is 22.1 Å². The normalized spacial score (nSPS) is 11.9. The average molecular weight is 349 g/mol. The van der Waals surface area contributed by atoms with Gasteiger partial charge in [0.05, 0.1) is 0 Å². The highest BCUT2D eigenvalue weighted by Crippen LogP contribution is 2.24. The van der Waals surface area contributed by atoms with E-state index in [2.05, 4.69) is 52.4 Å². The molecule has 2 nitrogen and oxygen atoms in total. The fourth-order valence-electron chi connectivity index (χ4n) is 2.07. The fraction of sp³-hybridized carbons (Fsp3) is 0.188. The van der Waals surface area contributed by atoms with E-state index in [1.54, 1.807) is 0 Å². The first-order chi connectivity index (χ1) is 9.56. The number of hydrogen-bond acceptors (Lipinski definition) is 2. The second kappa shape index (κ2) is 6.86. The molecular weight excluding hydrogens is 332 g/mol. The van der Waals surface area contributed by atoms with Crippen LogP contribution in [-0.2, 0) is 6.42 Å². The van der Waals surface area contributed by atoms with E-state index in [-0.39, 0.29) is 0 Å². The minimum absolute atomic E-state index is 0.337. The Kier molecular flexibility index (Phi) is 5.15. The summed E-state index contributed by atoms with van der Waals surface area (Å²) in [4.78, 5) is 0.412. The first-order valence-corrected chi connectivity index (χ1v) is 7.66. The Morgan fingerprint density at radius 1 is 1.25 bits per heavy atom. The smallest absolute Gasteiger partial charge is 0.104 e. The van der Waals surface area contributed by atoms with Crippen LogP contribution in [0.5, 0.6) is 0 Å². The average Bonchev–Trinajstić information content (AvgIpc) is 2.42. The van der Waals surface area contributed by atoms with Gasteiger partial charge >= 0.3 is 0 Å². The summed E-state index contributed by atoms with van der Waals surface area (Å²) in [7, 11) is 0. The molecule has 0 bridgehead atoms. The molecule has 0 radical (unpaired) electrons. The van der Waals surface area contributed by atoms with Crippen molar-refractivity contribution in [1.82, 2.24) is 0 Å². The quantitative estimate of drug-likeness (QED) is 0.798. The summed E-state index contributed by atoms with van der Waals surface area (Å²) in [5, 5.41) is 3.49. The van der Waals surface area contributed by atoms with Crippen molar-refractivity contribution in [3.63, 3.8) is 0 Å². The van der Waals surface area contributed by atoms with Crippen molar-refractivity contribution in [2.75, 3.05) is 5.32 Å². The van der Waals surface area contributed by atoms with Crippen molar-refractivity contribution in [1.29, 1.82) is 0 Å². The van der Waals surface area contributed by atoms with E-state index < -0.39 is 0 Å². The molecule has 104 valence electrons. The van der Waals surface area contributed by atoms with Gasteiger partial charge in [-0.2, -0.15) is 0 Å². The number of rotatable bonds is 5. The van der Waals surface area contributed by atoms with E-state index in [4.69, 9.17) is 18.0 Å². The summed E-state index contributed by atoms with van der Waals surface area (Å²) < 4.78 is 0.975. The van der Waals surface area contributed by atoms with Crippen LogP contribution in [0.15, 0.2) is 53.0 Å². The third-order valence-corrected chi connectivity index (χ3v) is 3.93. The molecule has 0 aliphatic rings. The summed E-state index contributed by atoms with van der Waals surface area (Å²) in [6, 6.07) is 16.7. The number of anilines is 1. The maximum atomic E-state index is 5.63. The van der Waals surface area contributed by atoms with Gasteiger partial charge in [-0.25, -0.2) is 0 Å². The molecule has 0 spiro atoms. The molecule has 0 amide bonds. The molecule has 0 heterocycles. The van der Waals surface area contributed by atoms with Gasteiger partial charge in [-0.15, -0.1) is 0 Å². The lowest BCUT2D eigenvalue weighted by Crippen LogP contribution is -2.18. The zero-order valence-electron chi connectivity index (χ0n) is 11.3. The van der Waals surface area contributed by atoms with Crippen molar-refractivity contribution < 1.29 is 0 Å². The van der Waals surface area contributed by atoms with Crippen LogP contribution in [-0.4, -0.2) is 11.0 Å². The zero-order chi connectivity index (χ0) is 14.5. The Bertz CT molecular complexity index is 599. The number of thiocarbonyl (C=S) groups is 1. The molecule has 2 aromatic rings. The molecule has 4 heteroatoms. The Morgan fingerprint density at radius 2 is 1.95 bits per heavy atom. The van der Waals surface area contributed by atoms with Crippen LogP contribution >= 0.6 is 28.1 Å². The predicted octanol–water partition coefficient (Wildman–Crippen LogP) is 4.13. The van der Waals surface area contributed by atoms with Crippen LogP contribution in [0.25, 0.3) is 0 Å². The van der Waals surface area contributed by atoms with E-state index in [0.29, 0.717) is 11.0 Å². The number of halogens is 1. The topological polar surface area (TPSA) is 38.0 Å². The lowest BCUT2D eigenvalue weighted by molar-refractivity contribution is 0.789. The number of hydrogen-bond donors (Lipinski definition) is 2. The third-order valence-electron chi connectivity index (χ3n) is 3.04. The Balaban J connectivity index is 2.04. The summed E-state index contributed by atoms with van der Waals surface area (Å²) in [6.07, 6.45) is 0.977. The molecule has 3 N–H and O–H groups in total. The highest BCUT2D eigenvalue weighted by atomic mass is 79.9. The molecular formula is C16H17BrN2S. The van der Waals surface area contributed by atoms with Gasteiger partial charge < -0.3 is 11.1 Å². The largest absolute Gasteiger partial charge is 0.389 e. The van der Waals surface area contributed by atoms with E-state index in [9.17, 15) is 0 Å². The molecule has 0 aromatic heterocycles. The molecule has 2 aromatic carbocycles. The molecule has 0 fully saturated rings. The molecule has 1 unspecified atom stereocenters. The minimum atomic E-state index is 0.337. The van der Waals surface area contributed by atoms with Gasteiger partial charge in [-0.1, -0.05) is 42.5 Å². The number of nitrogens with two attached hydrogens (primary N) is 1. The van der Waals surface area contributed by atoms with E-state index in [1.807, 2.05) is 24.3 Å². The SMILES string of the molecule is CC(Cc1ccccc1)Nc1ccc(C(N)=S)cc1Br. The van der Waals surface area contributed by atoms with Crippen LogP contribution in [0.1, 0.15) is 18.1 Å². The maximum Gasteiger partial charge on any atom is 0.104 e. The van der Waals surface area contributed by atoms with Crippen LogP contribution in [0.2, 0.25) is 0 Å². The highest BCUT2D eigenvalue weighted by Gasteiger charge is 2.07. The highest BCUT2D eigenvalue weighted by molar-refractivity contribution is 9.10. The van der Waals surface area contributed by atoms with Crippen molar-refractivity contribution in [3.8, 4) is 0 Å². The summed E-state index contributed by atoms with van der Waals surface area (Å²) in [5.74, 6) is 0. The van der Waals surface area contributed by atoms with Gasteiger partial charge in [0.1, 0.15) is 4.99 Å². The lowest BCUT2D eigenvalue weighted by Gasteiger charge is -2.17. The molecule has 2 rings (SSSR count). The molecule has 0 aliphatic carbocycles. The molecule has 0 saturated carbocycles. The number of benzene rings is 2. The van der Waals surface area contributed by atoms with Gasteiger partial charge in [0, 0.05) is 21.8 Å². The summed E-state index contributed by atoms with van der Waals surface area (Å²) in [6.45, 7) is 2.17. The third kappa shape index (κ3) is 4.05. The Labute approximate surface area is 133 Å². The van der Waals surface area contributed by atoms with Crippen molar-refractivity contribution in [2.45, 2.75) is 19.4 Å². The molecule has 1 atom stereocenters. The van der Waals surface area contributed by atoms with Crippen LogP contribution < -0.4 is 11.1 Å². The monoisotopic (exact) mass is 348 g/mol. The summed E-state index contributed by atoms with van der Waals surface area (Å²) >= 11 is 8.53. The summed E-state index contributed by atoms with van der Waals surface area (Å²) in [5.41, 5.74) is 8.87. The fourth-order valence-corrected chi connectivity index (χ4v) is 2.69. The second-order valence-electron chi connectivity index (χ2n) is 4.79. The van der Waals surface area contributed by atoms with Gasteiger partial charge in [0.15, 0.2) is 0 Å². The molecule has 20 heavy (non-hydrogen) atoms. The van der Waals surface area contributed by atoms with E-state index in [1.165, 1.54) is 5.56 Å². The van der Waals surface area contributed by atoms with Gasteiger partial charge in [0.25, 0.3) is 0 Å². The maximum absolute atomic E-state index is 5.63. The molecule has 0 aliphatic heterocycles. The van der Waals surface area contributed by atoms with Gasteiger partial charge in [-0.05, 0) is 53.0 Å².